The highest BCUT2D eigenvalue weighted by Gasteiger charge is 2.28. The molecule has 0 heterocycles. The van der Waals surface area contributed by atoms with E-state index in [0.717, 1.165) is 0 Å². The van der Waals surface area contributed by atoms with Crippen LogP contribution in [0.15, 0.2) is 24.3 Å². The number of benzene rings is 1. The van der Waals surface area contributed by atoms with Crippen LogP contribution in [0.4, 0.5) is 0 Å². The van der Waals surface area contributed by atoms with Crippen molar-refractivity contribution in [2.24, 2.45) is 5.92 Å². The molecule has 0 fully saturated rings. The summed E-state index contributed by atoms with van der Waals surface area (Å²) < 4.78 is 26.5. The fraction of sp³-hybridized carbons (Fsp3) is 0.467. The Kier molecular flexibility index (Phi) is 6.71. The molecule has 0 spiro atoms. The minimum atomic E-state index is -3.80. The van der Waals surface area contributed by atoms with Gasteiger partial charge in [0.15, 0.2) is 0 Å². The Morgan fingerprint density at radius 1 is 1.22 bits per heavy atom. The Labute approximate surface area is 136 Å². The van der Waals surface area contributed by atoms with Gasteiger partial charge in [-0.1, -0.05) is 32.4 Å². The zero-order valence-electron chi connectivity index (χ0n) is 13.4. The topological polar surface area (TPSA) is 113 Å². The van der Waals surface area contributed by atoms with Crippen molar-refractivity contribution >= 4 is 21.9 Å². The summed E-state index contributed by atoms with van der Waals surface area (Å²) in [5.74, 6) is -2.13. The molecule has 8 heteroatoms. The largest absolute Gasteiger partial charge is 0.480 e. The highest BCUT2D eigenvalue weighted by Crippen LogP contribution is 2.12. The van der Waals surface area contributed by atoms with Gasteiger partial charge in [0.25, 0.3) is 5.91 Å². The van der Waals surface area contributed by atoms with Gasteiger partial charge in [-0.3, -0.25) is 9.59 Å². The van der Waals surface area contributed by atoms with Crippen LogP contribution < -0.4 is 10.0 Å². The number of aliphatic carboxylic acids is 1. The number of carboxylic acids is 1. The van der Waals surface area contributed by atoms with Gasteiger partial charge in [0, 0.05) is 12.6 Å². The number of hydrogen-bond acceptors (Lipinski definition) is 4. The lowest BCUT2D eigenvalue weighted by Crippen LogP contribution is -2.45. The number of hydrogen-bond donors (Lipinski definition) is 3. The van der Waals surface area contributed by atoms with Crippen LogP contribution in [0.2, 0.25) is 0 Å². The molecule has 0 saturated carbocycles. The van der Waals surface area contributed by atoms with E-state index in [2.05, 4.69) is 10.0 Å². The average molecular weight is 342 g/mol. The molecule has 0 aliphatic heterocycles. The summed E-state index contributed by atoms with van der Waals surface area (Å²) in [7, 11) is -2.30. The Morgan fingerprint density at radius 2 is 1.78 bits per heavy atom. The van der Waals surface area contributed by atoms with Crippen molar-refractivity contribution in [1.82, 2.24) is 10.0 Å². The van der Waals surface area contributed by atoms with Gasteiger partial charge in [-0.15, -0.1) is 0 Å². The highest BCUT2D eigenvalue weighted by atomic mass is 32.2. The summed E-state index contributed by atoms with van der Waals surface area (Å²) in [4.78, 5) is 22.6. The SMILES string of the molecule is CC[C@H](C)[C@H](NS(=O)(=O)Cc1ccc(C(=O)NC)cc1)C(=O)O. The number of carbonyl (C=O) groups is 2. The molecule has 0 aliphatic carbocycles. The number of nitrogens with one attached hydrogen (secondary N) is 2. The third-order valence-corrected chi connectivity index (χ3v) is 4.91. The van der Waals surface area contributed by atoms with Crippen molar-refractivity contribution in [2.75, 3.05) is 7.05 Å². The third kappa shape index (κ3) is 5.65. The number of carbonyl (C=O) groups excluding carboxylic acids is 1. The molecule has 3 N–H and O–H groups in total. The third-order valence-electron chi connectivity index (χ3n) is 3.59. The molecule has 23 heavy (non-hydrogen) atoms. The summed E-state index contributed by atoms with van der Waals surface area (Å²) in [5.41, 5.74) is 0.892. The number of amides is 1. The maximum absolute atomic E-state index is 12.2. The molecule has 0 aromatic heterocycles. The Bertz CT molecular complexity index is 655. The summed E-state index contributed by atoms with van der Waals surface area (Å²) in [6, 6.07) is 4.95. The van der Waals surface area contributed by atoms with Gasteiger partial charge < -0.3 is 10.4 Å². The predicted molar refractivity (Wildman–Crippen MR) is 86.5 cm³/mol. The maximum atomic E-state index is 12.2. The molecule has 0 aliphatic rings. The first kappa shape index (κ1) is 19.1. The summed E-state index contributed by atoms with van der Waals surface area (Å²) in [6.45, 7) is 3.48. The zero-order chi connectivity index (χ0) is 17.6. The molecule has 0 radical (unpaired) electrons. The van der Waals surface area contributed by atoms with E-state index < -0.39 is 22.0 Å². The summed E-state index contributed by atoms with van der Waals surface area (Å²) in [5, 5.41) is 11.6. The van der Waals surface area contributed by atoms with E-state index in [1.165, 1.54) is 31.3 Å². The highest BCUT2D eigenvalue weighted by molar-refractivity contribution is 7.88. The molecule has 0 saturated heterocycles. The molecule has 1 aromatic rings. The van der Waals surface area contributed by atoms with Gasteiger partial charge in [-0.25, -0.2) is 13.1 Å². The van der Waals surface area contributed by atoms with Gasteiger partial charge in [0.1, 0.15) is 6.04 Å². The van der Waals surface area contributed by atoms with Crippen LogP contribution in [0.25, 0.3) is 0 Å². The van der Waals surface area contributed by atoms with Crippen LogP contribution in [0, 0.1) is 5.92 Å². The van der Waals surface area contributed by atoms with E-state index in [-0.39, 0.29) is 17.6 Å². The second kappa shape index (κ2) is 8.07. The first-order chi connectivity index (χ1) is 10.7. The van der Waals surface area contributed by atoms with Crippen molar-refractivity contribution in [1.29, 1.82) is 0 Å². The van der Waals surface area contributed by atoms with Crippen LogP contribution in [-0.2, 0) is 20.6 Å². The zero-order valence-corrected chi connectivity index (χ0v) is 14.2. The molecule has 7 nitrogen and oxygen atoms in total. The summed E-state index contributed by atoms with van der Waals surface area (Å²) in [6.07, 6.45) is 0.542. The Morgan fingerprint density at radius 3 is 2.22 bits per heavy atom. The Balaban J connectivity index is 2.85. The van der Waals surface area contributed by atoms with Crippen LogP contribution in [0.3, 0.4) is 0 Å². The fourth-order valence-electron chi connectivity index (χ4n) is 2.00. The van der Waals surface area contributed by atoms with Crippen molar-refractivity contribution in [3.8, 4) is 0 Å². The van der Waals surface area contributed by atoms with Crippen LogP contribution in [0.1, 0.15) is 36.2 Å². The van der Waals surface area contributed by atoms with E-state index >= 15 is 0 Å². The van der Waals surface area contributed by atoms with Crippen molar-refractivity contribution in [3.05, 3.63) is 35.4 Å². The molecular formula is C15H22N2O5S. The van der Waals surface area contributed by atoms with Gasteiger partial charge >= 0.3 is 5.97 Å². The fourth-order valence-corrected chi connectivity index (χ4v) is 3.43. The molecule has 2 atom stereocenters. The first-order valence-electron chi connectivity index (χ1n) is 7.24. The molecule has 0 unspecified atom stereocenters. The van der Waals surface area contributed by atoms with Crippen molar-refractivity contribution in [3.63, 3.8) is 0 Å². The second-order valence-corrected chi connectivity index (χ2v) is 7.11. The number of rotatable bonds is 8. The second-order valence-electron chi connectivity index (χ2n) is 5.35. The van der Waals surface area contributed by atoms with E-state index in [0.29, 0.717) is 17.5 Å². The molecule has 1 amide bonds. The standard InChI is InChI=1S/C15H22N2O5S/c1-4-10(2)13(15(19)20)17-23(21,22)9-11-5-7-12(8-6-11)14(18)16-3/h5-8,10,13,17H,4,9H2,1-3H3,(H,16,18)(H,19,20)/t10-,13-/m0/s1. The maximum Gasteiger partial charge on any atom is 0.322 e. The Hall–Kier alpha value is -1.93. The van der Waals surface area contributed by atoms with Crippen molar-refractivity contribution in [2.45, 2.75) is 32.1 Å². The van der Waals surface area contributed by atoms with Gasteiger partial charge in [-0.05, 0) is 23.6 Å². The lowest BCUT2D eigenvalue weighted by Gasteiger charge is -2.20. The molecule has 128 valence electrons. The van der Waals surface area contributed by atoms with Crippen molar-refractivity contribution < 1.29 is 23.1 Å². The van der Waals surface area contributed by atoms with Crippen LogP contribution >= 0.6 is 0 Å². The summed E-state index contributed by atoms with van der Waals surface area (Å²) >= 11 is 0. The van der Waals surface area contributed by atoms with Crippen LogP contribution in [-0.4, -0.2) is 38.5 Å². The lowest BCUT2D eigenvalue weighted by molar-refractivity contribution is -0.140. The molecule has 0 bridgehead atoms. The monoisotopic (exact) mass is 342 g/mol. The minimum Gasteiger partial charge on any atom is -0.480 e. The van der Waals surface area contributed by atoms with Crippen LogP contribution in [0.5, 0.6) is 0 Å². The average Bonchev–Trinajstić information content (AvgIpc) is 2.51. The number of sulfonamides is 1. The van der Waals surface area contributed by atoms with E-state index in [4.69, 9.17) is 5.11 Å². The molecular weight excluding hydrogens is 320 g/mol. The smallest absolute Gasteiger partial charge is 0.322 e. The molecule has 1 rings (SSSR count). The first-order valence-corrected chi connectivity index (χ1v) is 8.89. The van der Waals surface area contributed by atoms with Gasteiger partial charge in [-0.2, -0.15) is 0 Å². The predicted octanol–water partition coefficient (Wildman–Crippen LogP) is 0.965. The normalized spacial score (nSPS) is 14.0. The number of carboxylic acid groups (broad SMARTS) is 1. The van der Waals surface area contributed by atoms with E-state index in [1.807, 2.05) is 0 Å². The van der Waals surface area contributed by atoms with E-state index in [1.54, 1.807) is 13.8 Å². The minimum absolute atomic E-state index is 0.264. The van der Waals surface area contributed by atoms with E-state index in [9.17, 15) is 18.0 Å². The quantitative estimate of drug-likeness (QED) is 0.651. The lowest BCUT2D eigenvalue weighted by atomic mass is 10.0. The van der Waals surface area contributed by atoms with Gasteiger partial charge in [0.2, 0.25) is 10.0 Å². The van der Waals surface area contributed by atoms with Gasteiger partial charge in [0.05, 0.1) is 5.75 Å². The molecule has 1 aromatic carbocycles.